The summed E-state index contributed by atoms with van der Waals surface area (Å²) in [5, 5.41) is 13.6. The zero-order chi connectivity index (χ0) is 21.3. The maximum absolute atomic E-state index is 12.0. The lowest BCUT2D eigenvalue weighted by atomic mass is 9.78. The van der Waals surface area contributed by atoms with Gasteiger partial charge in [0.1, 0.15) is 17.3 Å². The molecule has 1 heterocycles. The predicted octanol–water partition coefficient (Wildman–Crippen LogP) is 4.86. The second-order valence-electron chi connectivity index (χ2n) is 8.97. The van der Waals surface area contributed by atoms with Crippen LogP contribution in [0.5, 0.6) is 11.5 Å². The van der Waals surface area contributed by atoms with E-state index in [1.54, 1.807) is 6.92 Å². The standard InChI is InChI=1S/C22H31N3O3/c1-9-23-20(27)28-17-12-24-13(2)25-18(17)14-10-15(21(3,4)5)19(26)16(11-14)22(6,7)8/h10-12,26H,9H2,1-8H3,(H,23,27). The van der Waals surface area contributed by atoms with Crippen LogP contribution in [0.3, 0.4) is 0 Å². The topological polar surface area (TPSA) is 84.3 Å². The maximum atomic E-state index is 12.0. The Hall–Kier alpha value is -2.63. The molecule has 0 spiro atoms. The second-order valence-corrected chi connectivity index (χ2v) is 8.97. The van der Waals surface area contributed by atoms with Crippen LogP contribution < -0.4 is 10.1 Å². The van der Waals surface area contributed by atoms with Crippen LogP contribution in [0.4, 0.5) is 4.79 Å². The number of rotatable bonds is 3. The van der Waals surface area contributed by atoms with Crippen LogP contribution in [0.15, 0.2) is 18.3 Å². The van der Waals surface area contributed by atoms with Crippen molar-refractivity contribution < 1.29 is 14.6 Å². The van der Waals surface area contributed by atoms with Crippen LogP contribution in [0.2, 0.25) is 0 Å². The number of aryl methyl sites for hydroxylation is 1. The first-order valence-electron chi connectivity index (χ1n) is 9.52. The number of hydrogen-bond donors (Lipinski definition) is 2. The number of phenolic OH excluding ortho intramolecular Hbond substituents is 1. The summed E-state index contributed by atoms with van der Waals surface area (Å²) in [5.74, 6) is 1.14. The number of benzene rings is 1. The van der Waals surface area contributed by atoms with E-state index in [1.807, 2.05) is 19.1 Å². The van der Waals surface area contributed by atoms with Gasteiger partial charge in [0.05, 0.1) is 6.20 Å². The summed E-state index contributed by atoms with van der Waals surface area (Å²) in [4.78, 5) is 20.7. The van der Waals surface area contributed by atoms with Gasteiger partial charge in [-0.3, -0.25) is 0 Å². The van der Waals surface area contributed by atoms with Crippen molar-refractivity contribution >= 4 is 6.09 Å². The summed E-state index contributed by atoms with van der Waals surface area (Å²) >= 11 is 0. The number of ether oxygens (including phenoxy) is 1. The van der Waals surface area contributed by atoms with Gasteiger partial charge >= 0.3 is 6.09 Å². The Balaban J connectivity index is 2.74. The van der Waals surface area contributed by atoms with Crippen molar-refractivity contribution in [2.45, 2.75) is 66.2 Å². The molecular formula is C22H31N3O3. The van der Waals surface area contributed by atoms with Gasteiger partial charge in [-0.05, 0) is 36.8 Å². The molecule has 0 aliphatic carbocycles. The molecule has 1 aromatic heterocycles. The number of aromatic nitrogens is 2. The maximum Gasteiger partial charge on any atom is 0.412 e. The monoisotopic (exact) mass is 385 g/mol. The number of amides is 1. The SMILES string of the molecule is CCNC(=O)Oc1cnc(C)nc1-c1cc(C(C)(C)C)c(O)c(C(C)(C)C)c1. The number of carbonyl (C=O) groups excluding carboxylic acids is 1. The van der Waals surface area contributed by atoms with Crippen LogP contribution >= 0.6 is 0 Å². The lowest BCUT2D eigenvalue weighted by Gasteiger charge is -2.28. The van der Waals surface area contributed by atoms with E-state index >= 15 is 0 Å². The molecule has 0 fully saturated rings. The first kappa shape index (κ1) is 21.7. The molecule has 152 valence electrons. The summed E-state index contributed by atoms with van der Waals surface area (Å²) in [7, 11) is 0. The van der Waals surface area contributed by atoms with E-state index in [4.69, 9.17) is 4.74 Å². The zero-order valence-corrected chi connectivity index (χ0v) is 18.1. The van der Waals surface area contributed by atoms with E-state index < -0.39 is 6.09 Å². The Bertz CT molecular complexity index is 843. The zero-order valence-electron chi connectivity index (χ0n) is 18.1. The molecule has 2 N–H and O–H groups in total. The normalized spacial score (nSPS) is 12.0. The van der Waals surface area contributed by atoms with E-state index in [9.17, 15) is 9.90 Å². The number of hydrogen-bond acceptors (Lipinski definition) is 5. The number of aromatic hydroxyl groups is 1. The van der Waals surface area contributed by atoms with E-state index in [1.165, 1.54) is 6.20 Å². The van der Waals surface area contributed by atoms with Crippen molar-refractivity contribution in [1.82, 2.24) is 15.3 Å². The van der Waals surface area contributed by atoms with Gasteiger partial charge in [-0.2, -0.15) is 0 Å². The van der Waals surface area contributed by atoms with Gasteiger partial charge in [0.15, 0.2) is 5.75 Å². The molecule has 28 heavy (non-hydrogen) atoms. The average molecular weight is 386 g/mol. The van der Waals surface area contributed by atoms with Crippen LogP contribution in [-0.4, -0.2) is 27.7 Å². The van der Waals surface area contributed by atoms with Gasteiger partial charge in [0, 0.05) is 23.2 Å². The molecule has 0 radical (unpaired) electrons. The molecule has 0 aliphatic heterocycles. The number of nitrogens with zero attached hydrogens (tertiary/aromatic N) is 2. The quantitative estimate of drug-likeness (QED) is 0.788. The molecule has 0 atom stereocenters. The van der Waals surface area contributed by atoms with Gasteiger partial charge in [-0.1, -0.05) is 41.5 Å². The molecule has 6 heteroatoms. The van der Waals surface area contributed by atoms with Gasteiger partial charge in [-0.25, -0.2) is 14.8 Å². The van der Waals surface area contributed by atoms with Crippen LogP contribution in [0.25, 0.3) is 11.3 Å². The molecule has 2 rings (SSSR count). The highest BCUT2D eigenvalue weighted by Gasteiger charge is 2.28. The summed E-state index contributed by atoms with van der Waals surface area (Å²) in [6.45, 7) is 16.4. The minimum absolute atomic E-state index is 0.275. The van der Waals surface area contributed by atoms with E-state index in [0.29, 0.717) is 23.8 Å². The Morgan fingerprint density at radius 1 is 1.11 bits per heavy atom. The first-order chi connectivity index (χ1) is 12.8. The second kappa shape index (κ2) is 7.78. The molecule has 0 bridgehead atoms. The van der Waals surface area contributed by atoms with Crippen molar-refractivity contribution in [3.8, 4) is 22.8 Å². The number of nitrogens with one attached hydrogen (secondary N) is 1. The van der Waals surface area contributed by atoms with Crippen molar-refractivity contribution in [2.24, 2.45) is 0 Å². The van der Waals surface area contributed by atoms with Crippen LogP contribution in [-0.2, 0) is 10.8 Å². The molecule has 0 unspecified atom stereocenters. The van der Waals surface area contributed by atoms with Crippen LogP contribution in [0.1, 0.15) is 65.4 Å². The number of phenols is 1. The van der Waals surface area contributed by atoms with Crippen molar-refractivity contribution in [1.29, 1.82) is 0 Å². The fraction of sp³-hybridized carbons (Fsp3) is 0.500. The molecule has 0 aliphatic rings. The fourth-order valence-corrected chi connectivity index (χ4v) is 2.94. The fourth-order valence-electron chi connectivity index (χ4n) is 2.94. The average Bonchev–Trinajstić information content (AvgIpc) is 2.55. The summed E-state index contributed by atoms with van der Waals surface area (Å²) < 4.78 is 5.44. The van der Waals surface area contributed by atoms with E-state index in [-0.39, 0.29) is 16.6 Å². The summed E-state index contributed by atoms with van der Waals surface area (Å²) in [5.41, 5.74) is 2.38. The lowest BCUT2D eigenvalue weighted by Crippen LogP contribution is -2.26. The Morgan fingerprint density at radius 2 is 1.64 bits per heavy atom. The van der Waals surface area contributed by atoms with E-state index in [0.717, 1.165) is 16.7 Å². The molecule has 6 nitrogen and oxygen atoms in total. The minimum atomic E-state index is -0.554. The Morgan fingerprint density at radius 3 is 2.11 bits per heavy atom. The highest BCUT2D eigenvalue weighted by atomic mass is 16.6. The third-order valence-corrected chi connectivity index (χ3v) is 4.40. The van der Waals surface area contributed by atoms with Gasteiger partial charge < -0.3 is 15.2 Å². The molecule has 1 aromatic carbocycles. The highest BCUT2D eigenvalue weighted by Crippen LogP contribution is 2.42. The first-order valence-corrected chi connectivity index (χ1v) is 9.52. The lowest BCUT2D eigenvalue weighted by molar-refractivity contribution is 0.201. The summed E-state index contributed by atoms with van der Waals surface area (Å²) in [6, 6.07) is 3.83. The largest absolute Gasteiger partial charge is 0.507 e. The third-order valence-electron chi connectivity index (χ3n) is 4.40. The smallest absolute Gasteiger partial charge is 0.412 e. The predicted molar refractivity (Wildman–Crippen MR) is 111 cm³/mol. The Labute approximate surface area is 167 Å². The molecular weight excluding hydrogens is 354 g/mol. The van der Waals surface area contributed by atoms with Crippen molar-refractivity contribution in [3.05, 3.63) is 35.3 Å². The van der Waals surface area contributed by atoms with Crippen LogP contribution in [0, 0.1) is 6.92 Å². The third kappa shape index (κ3) is 4.80. The molecule has 0 saturated heterocycles. The van der Waals surface area contributed by atoms with Crippen molar-refractivity contribution in [3.63, 3.8) is 0 Å². The number of carbonyl (C=O) groups is 1. The minimum Gasteiger partial charge on any atom is -0.507 e. The molecule has 2 aromatic rings. The van der Waals surface area contributed by atoms with Gasteiger partial charge in [0.2, 0.25) is 0 Å². The van der Waals surface area contributed by atoms with Crippen molar-refractivity contribution in [2.75, 3.05) is 6.54 Å². The van der Waals surface area contributed by atoms with Gasteiger partial charge in [0.25, 0.3) is 0 Å². The van der Waals surface area contributed by atoms with E-state index in [2.05, 4.69) is 56.8 Å². The molecule has 0 saturated carbocycles. The molecule has 1 amide bonds. The highest BCUT2D eigenvalue weighted by molar-refractivity contribution is 5.76. The summed E-state index contributed by atoms with van der Waals surface area (Å²) in [6.07, 6.45) is 0.954. The Kier molecular flexibility index (Phi) is 6.02. The van der Waals surface area contributed by atoms with Gasteiger partial charge in [-0.15, -0.1) is 0 Å².